The summed E-state index contributed by atoms with van der Waals surface area (Å²) in [6.45, 7) is 4.42. The first-order valence-corrected chi connectivity index (χ1v) is 6.03. The zero-order valence-electron chi connectivity index (χ0n) is 10.7. The molecule has 0 radical (unpaired) electrons. The van der Waals surface area contributed by atoms with E-state index >= 15 is 0 Å². The van der Waals surface area contributed by atoms with E-state index in [0.29, 0.717) is 13.2 Å². The maximum atomic E-state index is 11.1. The summed E-state index contributed by atoms with van der Waals surface area (Å²) in [4.78, 5) is 11.1. The molecular formula is C14H18O4. The molecular weight excluding hydrogens is 232 g/mol. The molecule has 4 heteroatoms. The highest BCUT2D eigenvalue weighted by Gasteiger charge is 2.37. The molecule has 1 aliphatic rings. The average Bonchev–Trinajstić information content (AvgIpc) is 2.72. The van der Waals surface area contributed by atoms with E-state index in [2.05, 4.69) is 0 Å². The van der Waals surface area contributed by atoms with Crippen LogP contribution in [0.4, 0.5) is 0 Å². The highest BCUT2D eigenvalue weighted by molar-refractivity contribution is 5.57. The fourth-order valence-corrected chi connectivity index (χ4v) is 1.88. The average molecular weight is 250 g/mol. The summed E-state index contributed by atoms with van der Waals surface area (Å²) in [5, 5.41) is 0. The summed E-state index contributed by atoms with van der Waals surface area (Å²) in [6, 6.07) is 9.73. The SMILES string of the molecule is CC1(C)OC[C@H]([C@H](C=O)OCc2ccccc2)O1. The predicted molar refractivity (Wildman–Crippen MR) is 66.0 cm³/mol. The van der Waals surface area contributed by atoms with Crippen molar-refractivity contribution in [2.24, 2.45) is 0 Å². The summed E-state index contributed by atoms with van der Waals surface area (Å²) < 4.78 is 16.6. The fourth-order valence-electron chi connectivity index (χ4n) is 1.88. The zero-order chi connectivity index (χ0) is 13.0. The number of benzene rings is 1. The van der Waals surface area contributed by atoms with Gasteiger partial charge in [0.05, 0.1) is 13.2 Å². The molecule has 0 spiro atoms. The quantitative estimate of drug-likeness (QED) is 0.749. The van der Waals surface area contributed by atoms with Gasteiger partial charge in [0.2, 0.25) is 0 Å². The molecule has 98 valence electrons. The van der Waals surface area contributed by atoms with Gasteiger partial charge in [-0.15, -0.1) is 0 Å². The molecule has 1 fully saturated rings. The third-order valence-electron chi connectivity index (χ3n) is 2.82. The van der Waals surface area contributed by atoms with Crippen LogP contribution in [0.25, 0.3) is 0 Å². The molecule has 2 rings (SSSR count). The Hall–Kier alpha value is -1.23. The highest BCUT2D eigenvalue weighted by Crippen LogP contribution is 2.25. The van der Waals surface area contributed by atoms with Crippen molar-refractivity contribution in [2.45, 2.75) is 38.4 Å². The minimum absolute atomic E-state index is 0.332. The van der Waals surface area contributed by atoms with Crippen molar-refractivity contribution in [3.05, 3.63) is 35.9 Å². The minimum Gasteiger partial charge on any atom is -0.363 e. The van der Waals surface area contributed by atoms with Crippen molar-refractivity contribution < 1.29 is 19.0 Å². The molecule has 0 amide bonds. The van der Waals surface area contributed by atoms with Gasteiger partial charge in [0.25, 0.3) is 0 Å². The van der Waals surface area contributed by atoms with Gasteiger partial charge in [-0.05, 0) is 19.4 Å². The van der Waals surface area contributed by atoms with Gasteiger partial charge in [0.15, 0.2) is 12.1 Å². The van der Waals surface area contributed by atoms with Gasteiger partial charge in [-0.2, -0.15) is 0 Å². The summed E-state index contributed by atoms with van der Waals surface area (Å²) in [5.74, 6) is -0.637. The van der Waals surface area contributed by atoms with Crippen molar-refractivity contribution in [3.63, 3.8) is 0 Å². The molecule has 4 nitrogen and oxygen atoms in total. The number of rotatable bonds is 5. The number of carbonyl (C=O) groups excluding carboxylic acids is 1. The summed E-state index contributed by atoms with van der Waals surface area (Å²) in [5.41, 5.74) is 1.03. The van der Waals surface area contributed by atoms with Crippen LogP contribution in [0.2, 0.25) is 0 Å². The topological polar surface area (TPSA) is 44.8 Å². The van der Waals surface area contributed by atoms with Crippen LogP contribution in [0.5, 0.6) is 0 Å². The van der Waals surface area contributed by atoms with Gasteiger partial charge >= 0.3 is 0 Å². The largest absolute Gasteiger partial charge is 0.363 e. The Kier molecular flexibility index (Phi) is 4.11. The molecule has 0 bridgehead atoms. The monoisotopic (exact) mass is 250 g/mol. The highest BCUT2D eigenvalue weighted by atomic mass is 16.7. The number of aldehydes is 1. The Bertz CT molecular complexity index is 388. The van der Waals surface area contributed by atoms with E-state index in [1.54, 1.807) is 0 Å². The van der Waals surface area contributed by atoms with Crippen LogP contribution in [0.3, 0.4) is 0 Å². The fraction of sp³-hybridized carbons (Fsp3) is 0.500. The number of hydrogen-bond donors (Lipinski definition) is 0. The smallest absolute Gasteiger partial charge is 0.163 e. The second-order valence-electron chi connectivity index (χ2n) is 4.76. The van der Waals surface area contributed by atoms with Gasteiger partial charge in [-0.25, -0.2) is 0 Å². The van der Waals surface area contributed by atoms with Crippen molar-refractivity contribution in [1.29, 1.82) is 0 Å². The molecule has 1 aliphatic heterocycles. The van der Waals surface area contributed by atoms with Gasteiger partial charge < -0.3 is 19.0 Å². The summed E-state index contributed by atoms with van der Waals surface area (Å²) in [7, 11) is 0. The lowest BCUT2D eigenvalue weighted by molar-refractivity contribution is -0.160. The van der Waals surface area contributed by atoms with Crippen LogP contribution in [0.1, 0.15) is 19.4 Å². The van der Waals surface area contributed by atoms with Crippen LogP contribution in [0.15, 0.2) is 30.3 Å². The zero-order valence-corrected chi connectivity index (χ0v) is 10.7. The van der Waals surface area contributed by atoms with Crippen molar-refractivity contribution in [2.75, 3.05) is 6.61 Å². The van der Waals surface area contributed by atoms with Gasteiger partial charge in [-0.1, -0.05) is 30.3 Å². The van der Waals surface area contributed by atoms with Crippen LogP contribution < -0.4 is 0 Å². The third kappa shape index (κ3) is 3.38. The van der Waals surface area contributed by atoms with Crippen molar-refractivity contribution in [3.8, 4) is 0 Å². The van der Waals surface area contributed by atoms with E-state index in [1.165, 1.54) is 0 Å². The normalized spacial score (nSPS) is 23.8. The van der Waals surface area contributed by atoms with E-state index in [-0.39, 0.29) is 6.10 Å². The molecule has 1 heterocycles. The van der Waals surface area contributed by atoms with E-state index in [1.807, 2.05) is 44.2 Å². The van der Waals surface area contributed by atoms with Gasteiger partial charge in [0.1, 0.15) is 12.2 Å². The Balaban J connectivity index is 1.89. The van der Waals surface area contributed by atoms with E-state index in [0.717, 1.165) is 11.8 Å². The second-order valence-corrected chi connectivity index (χ2v) is 4.76. The van der Waals surface area contributed by atoms with Crippen molar-refractivity contribution in [1.82, 2.24) is 0 Å². The minimum atomic E-state index is -0.637. The molecule has 0 saturated carbocycles. The van der Waals surface area contributed by atoms with Crippen LogP contribution >= 0.6 is 0 Å². The van der Waals surface area contributed by atoms with E-state index < -0.39 is 11.9 Å². The lowest BCUT2D eigenvalue weighted by Crippen LogP contribution is -2.34. The molecule has 1 aromatic rings. The Morgan fingerprint density at radius 1 is 1.44 bits per heavy atom. The predicted octanol–water partition coefficient (Wildman–Crippen LogP) is 1.92. The standard InChI is InChI=1S/C14H18O4/c1-14(2)17-10-13(18-14)12(8-15)16-9-11-6-4-3-5-7-11/h3-8,12-13H,9-10H2,1-2H3/t12-,13+/m0/s1. The first-order valence-electron chi connectivity index (χ1n) is 6.03. The number of carbonyl (C=O) groups is 1. The molecule has 1 saturated heterocycles. The molecule has 0 aromatic heterocycles. The van der Waals surface area contributed by atoms with Crippen LogP contribution in [-0.4, -0.2) is 30.9 Å². The lowest BCUT2D eigenvalue weighted by atomic mass is 10.2. The first kappa shape index (κ1) is 13.2. The van der Waals surface area contributed by atoms with Crippen LogP contribution in [-0.2, 0) is 25.6 Å². The number of ether oxygens (including phenoxy) is 3. The molecule has 0 aliphatic carbocycles. The first-order chi connectivity index (χ1) is 8.61. The molecule has 0 unspecified atom stereocenters. The molecule has 2 atom stereocenters. The maximum Gasteiger partial charge on any atom is 0.163 e. The molecule has 0 N–H and O–H groups in total. The maximum absolute atomic E-state index is 11.1. The molecule has 18 heavy (non-hydrogen) atoms. The summed E-state index contributed by atoms with van der Waals surface area (Å²) in [6.07, 6.45) is -0.147. The Morgan fingerprint density at radius 3 is 2.72 bits per heavy atom. The second kappa shape index (κ2) is 5.61. The van der Waals surface area contributed by atoms with Gasteiger partial charge in [-0.3, -0.25) is 0 Å². The molecule has 1 aromatic carbocycles. The van der Waals surface area contributed by atoms with E-state index in [4.69, 9.17) is 14.2 Å². The van der Waals surface area contributed by atoms with Crippen LogP contribution in [0, 0.1) is 0 Å². The number of hydrogen-bond acceptors (Lipinski definition) is 4. The third-order valence-corrected chi connectivity index (χ3v) is 2.82. The van der Waals surface area contributed by atoms with E-state index in [9.17, 15) is 4.79 Å². The summed E-state index contributed by atoms with van der Waals surface area (Å²) >= 11 is 0. The Morgan fingerprint density at radius 2 is 2.17 bits per heavy atom. The lowest BCUT2D eigenvalue weighted by Gasteiger charge is -2.20. The van der Waals surface area contributed by atoms with Crippen molar-refractivity contribution >= 4 is 6.29 Å². The van der Waals surface area contributed by atoms with Gasteiger partial charge in [0, 0.05) is 0 Å². The Labute approximate surface area is 107 Å².